The number of fused-ring (bicyclic) bond motifs is 5. The van der Waals surface area contributed by atoms with Crippen molar-refractivity contribution in [2.45, 2.75) is 40.0 Å². The van der Waals surface area contributed by atoms with Gasteiger partial charge < -0.3 is 0 Å². The van der Waals surface area contributed by atoms with Crippen molar-refractivity contribution in [3.05, 3.63) is 359 Å². The Morgan fingerprint density at radius 1 is 0.256 bits per heavy atom. The highest BCUT2D eigenvalue weighted by Gasteiger charge is 2.33. The van der Waals surface area contributed by atoms with Gasteiger partial charge in [-0.3, -0.25) is 24.9 Å². The van der Waals surface area contributed by atoms with Crippen LogP contribution in [0.2, 0.25) is 15.1 Å². The van der Waals surface area contributed by atoms with E-state index in [-0.39, 0.29) is 32.7 Å². The lowest BCUT2D eigenvalue weighted by Gasteiger charge is -2.13. The van der Waals surface area contributed by atoms with Crippen LogP contribution in [-0.2, 0) is 12.4 Å². The first kappa shape index (κ1) is 83.7. The quantitative estimate of drug-likeness (QED) is 0.0919. The Hall–Kier alpha value is -15.0. The summed E-state index contributed by atoms with van der Waals surface area (Å²) in [4.78, 5) is 42.6. The van der Waals surface area contributed by atoms with Gasteiger partial charge in [-0.1, -0.05) is 59.1 Å². The van der Waals surface area contributed by atoms with Gasteiger partial charge in [-0.25, -0.2) is 69.4 Å². The van der Waals surface area contributed by atoms with Gasteiger partial charge in [0, 0.05) is 122 Å². The molecule has 0 aliphatic heterocycles. The third-order valence-corrected chi connectivity index (χ3v) is 20.3. The third-order valence-electron chi connectivity index (χ3n) is 19.5. The van der Waals surface area contributed by atoms with E-state index in [2.05, 4.69) is 75.3 Å². The summed E-state index contributed by atoms with van der Waals surface area (Å²) in [5.41, 5.74) is 17.6. The minimum Gasteiger partial charge on any atom is -0.255 e. The second kappa shape index (κ2) is 35.2. The first-order chi connectivity index (χ1) is 60.1. The number of halogens is 14. The van der Waals surface area contributed by atoms with Crippen LogP contribution >= 0.6 is 34.8 Å². The third kappa shape index (κ3) is 18.6. The van der Waals surface area contributed by atoms with Crippen molar-refractivity contribution in [3.8, 4) is 112 Å². The Morgan fingerprint density at radius 2 is 0.576 bits per heavy atom. The van der Waals surface area contributed by atoms with E-state index in [0.717, 1.165) is 115 Å². The highest BCUT2D eigenvalue weighted by Crippen LogP contribution is 2.42. The highest BCUT2D eigenvalue weighted by atomic mass is 35.5. The van der Waals surface area contributed by atoms with E-state index in [1.54, 1.807) is 97.8 Å². The molecule has 0 fully saturated rings. The zero-order valence-corrected chi connectivity index (χ0v) is 67.6. The van der Waals surface area contributed by atoms with Gasteiger partial charge in [-0.05, 0) is 235 Å². The largest absolute Gasteiger partial charge is 0.416 e. The zero-order chi connectivity index (χ0) is 87.5. The molecule has 0 saturated heterocycles. The van der Waals surface area contributed by atoms with Gasteiger partial charge in [0.05, 0.1) is 55.8 Å². The topological polar surface area (TPSA) is 215 Å². The van der Waals surface area contributed by atoms with Gasteiger partial charge in [-0.15, -0.1) is 0 Å². The van der Waals surface area contributed by atoms with Crippen LogP contribution in [0, 0.1) is 56.8 Å². The number of hydrogen-bond donors (Lipinski definition) is 0. The summed E-state index contributed by atoms with van der Waals surface area (Å²) in [6, 6.07) is 48.5. The maximum absolute atomic E-state index is 14.4. The molecule has 0 saturated carbocycles. The number of rotatable bonds is 10. The lowest BCUT2D eigenvalue weighted by Crippen LogP contribution is -2.04. The summed E-state index contributed by atoms with van der Waals surface area (Å²) in [5.74, 6) is -2.92. The fraction of sp³-hybridized carbons (Fsp3) is 0.0659. The lowest BCUT2D eigenvalue weighted by molar-refractivity contribution is -0.138. The van der Waals surface area contributed by atoms with Crippen molar-refractivity contribution < 1.29 is 48.3 Å². The van der Waals surface area contributed by atoms with Gasteiger partial charge >= 0.3 is 12.4 Å². The standard InChI is InChI=1S/C19H13F3N4.C18H11ClF2N4.2C18H12ClFN4.C18H10F4N4/c1-12-7-16(13-5-6-26-17(9-13)24-11-25-26)18(23-10-12)14-3-2-4-15(8-14)19(20,21)22;1-10-4-12(11-2-3-25-17(5-11)23-9-24-25)18(22-8-10)13-6-14(19)16(21)7-15(13)20;1-11-6-14(12-4-5-24-17(8-12)22-10-23-24)18(21-9-11)13-2-3-16(20)15(19)7-13;1-11-6-14(12-4-5-24-17(7-12)22-10-23-24)18(21-9-11)15-8-13(19)2-3-16(15)20;19-14-8-15(11-4-5-26-16(7-11)24-10-25-26)17(23-9-14)12-2-1-3-13(6-12)18(20,21)22/h2-11H,1H3;2-9H,1H3;2*2-10H,1H3;1-10H. The summed E-state index contributed by atoms with van der Waals surface area (Å²) < 4.78 is 156. The van der Waals surface area contributed by atoms with Crippen LogP contribution < -0.4 is 0 Å². The first-order valence-electron chi connectivity index (χ1n) is 37.5. The van der Waals surface area contributed by atoms with Crippen LogP contribution in [-0.4, -0.2) is 97.9 Å². The Kier molecular flexibility index (Phi) is 23.6. The molecular formula is C91H58Cl3F11N20. The van der Waals surface area contributed by atoms with Gasteiger partial charge in [-0.2, -0.15) is 51.8 Å². The van der Waals surface area contributed by atoms with Crippen molar-refractivity contribution in [1.29, 1.82) is 0 Å². The minimum atomic E-state index is -4.48. The molecule has 0 atom stereocenters. The Balaban J connectivity index is 0.000000115. The molecule has 15 heterocycles. The monoisotopic (exact) mass is 1740 g/mol. The molecule has 34 heteroatoms. The molecule has 0 aliphatic carbocycles. The highest BCUT2D eigenvalue weighted by molar-refractivity contribution is 6.31. The number of aryl methyl sites for hydroxylation is 4. The number of benzene rings is 5. The van der Waals surface area contributed by atoms with E-state index in [0.29, 0.717) is 72.5 Å². The molecular weight excluding hydrogens is 1690 g/mol. The van der Waals surface area contributed by atoms with E-state index in [1.165, 1.54) is 84.7 Å². The first-order valence-corrected chi connectivity index (χ1v) is 38.6. The molecule has 0 bridgehead atoms. The fourth-order valence-electron chi connectivity index (χ4n) is 13.6. The SMILES string of the molecule is Cc1cnc(-c2cc(Cl)c(F)cc2F)c(-c2ccn3ncnc3c2)c1.Cc1cnc(-c2cc(Cl)ccc2F)c(-c2ccn3ncnc3c2)c1.Cc1cnc(-c2ccc(F)c(Cl)c2)c(-c2ccn3ncnc3c2)c1.Cc1cnc(-c2cccc(C(F)(F)F)c2)c(-c2ccn3ncnc3c2)c1.Fc1cnc(-c2cccc(C(F)(F)F)c2)c(-c2ccn3ncnc3c2)c1. The maximum atomic E-state index is 14.4. The molecule has 20 aromatic rings. The smallest absolute Gasteiger partial charge is 0.255 e. The van der Waals surface area contributed by atoms with E-state index in [4.69, 9.17) is 34.8 Å². The Morgan fingerprint density at radius 3 is 0.944 bits per heavy atom. The molecule has 0 spiro atoms. The number of pyridine rings is 10. The van der Waals surface area contributed by atoms with E-state index < -0.39 is 46.7 Å². The Bertz CT molecular complexity index is 7280. The summed E-state index contributed by atoms with van der Waals surface area (Å²) in [6.45, 7) is 7.71. The lowest BCUT2D eigenvalue weighted by atomic mass is 9.97. The molecule has 0 amide bonds. The molecule has 15 aromatic heterocycles. The van der Waals surface area contributed by atoms with Crippen molar-refractivity contribution in [2.24, 2.45) is 0 Å². The molecule has 20 rings (SSSR count). The van der Waals surface area contributed by atoms with Crippen molar-refractivity contribution in [3.63, 3.8) is 0 Å². The van der Waals surface area contributed by atoms with E-state index in [9.17, 15) is 48.3 Å². The molecule has 125 heavy (non-hydrogen) atoms. The molecule has 0 radical (unpaired) electrons. The van der Waals surface area contributed by atoms with Crippen LogP contribution in [0.3, 0.4) is 0 Å². The van der Waals surface area contributed by atoms with Gasteiger partial charge in [0.2, 0.25) is 0 Å². The van der Waals surface area contributed by atoms with Crippen molar-refractivity contribution in [1.82, 2.24) is 97.9 Å². The predicted molar refractivity (Wildman–Crippen MR) is 452 cm³/mol. The summed E-state index contributed by atoms with van der Waals surface area (Å²) >= 11 is 17.8. The summed E-state index contributed by atoms with van der Waals surface area (Å²) in [6.07, 6.45) is 15.0. The number of aromatic nitrogens is 20. The van der Waals surface area contributed by atoms with Gasteiger partial charge in [0.1, 0.15) is 60.7 Å². The Labute approximate surface area is 716 Å². The van der Waals surface area contributed by atoms with E-state index in [1.807, 2.05) is 113 Å². The number of alkyl halides is 6. The maximum Gasteiger partial charge on any atom is 0.416 e. The van der Waals surface area contributed by atoms with Crippen LogP contribution in [0.5, 0.6) is 0 Å². The summed E-state index contributed by atoms with van der Waals surface area (Å²) in [7, 11) is 0. The molecule has 620 valence electrons. The number of nitrogens with zero attached hydrogens (tertiary/aromatic N) is 20. The van der Waals surface area contributed by atoms with Crippen LogP contribution in [0.4, 0.5) is 48.3 Å². The number of hydrogen-bond acceptors (Lipinski definition) is 15. The second-order valence-corrected chi connectivity index (χ2v) is 29.5. The average Bonchev–Trinajstić information content (AvgIpc) is 1.78. The van der Waals surface area contributed by atoms with Gasteiger partial charge in [0.15, 0.2) is 28.2 Å². The molecule has 0 aliphatic rings. The normalized spacial score (nSPS) is 11.4. The molecule has 20 nitrogen and oxygen atoms in total. The van der Waals surface area contributed by atoms with Gasteiger partial charge in [0.25, 0.3) is 0 Å². The molecule has 0 N–H and O–H groups in total. The average molecular weight is 1750 g/mol. The molecule has 5 aromatic carbocycles. The minimum absolute atomic E-state index is 0.0775. The van der Waals surface area contributed by atoms with Crippen LogP contribution in [0.1, 0.15) is 33.4 Å². The zero-order valence-electron chi connectivity index (χ0n) is 65.3. The van der Waals surface area contributed by atoms with Crippen molar-refractivity contribution >= 4 is 63.0 Å². The fourth-order valence-corrected chi connectivity index (χ4v) is 14.1. The van der Waals surface area contributed by atoms with Crippen molar-refractivity contribution in [2.75, 3.05) is 0 Å². The van der Waals surface area contributed by atoms with Crippen LogP contribution in [0.15, 0.2) is 282 Å². The predicted octanol–water partition coefficient (Wildman–Crippen LogP) is 23.2. The van der Waals surface area contributed by atoms with E-state index >= 15 is 0 Å². The summed E-state index contributed by atoms with van der Waals surface area (Å²) in [5, 5.41) is 20.7. The second-order valence-electron chi connectivity index (χ2n) is 28.2. The van der Waals surface area contributed by atoms with Crippen LogP contribution in [0.25, 0.3) is 140 Å². The molecule has 0 unspecified atom stereocenters.